The Morgan fingerprint density at radius 3 is 2.88 bits per heavy atom. The van der Waals surface area contributed by atoms with E-state index in [9.17, 15) is 4.79 Å². The van der Waals surface area contributed by atoms with Crippen molar-refractivity contribution in [2.45, 2.75) is 43.1 Å². The van der Waals surface area contributed by atoms with Crippen LogP contribution in [0.5, 0.6) is 0 Å². The van der Waals surface area contributed by atoms with Crippen molar-refractivity contribution >= 4 is 29.0 Å². The molecule has 3 N–H and O–H groups in total. The zero-order chi connectivity index (χ0) is 12.1. The maximum absolute atomic E-state index is 11.3. The third-order valence-corrected chi connectivity index (χ3v) is 5.72. The first kappa shape index (κ1) is 12.9. The average Bonchev–Trinajstić information content (AvgIpc) is 2.85. The molecule has 1 aromatic heterocycles. The molecule has 0 radical (unpaired) electrons. The van der Waals surface area contributed by atoms with Crippen LogP contribution in [0.2, 0.25) is 0 Å². The quantitative estimate of drug-likeness (QED) is 0.502. The van der Waals surface area contributed by atoms with Gasteiger partial charge in [-0.25, -0.2) is 5.84 Å². The lowest BCUT2D eigenvalue weighted by atomic mass is 10.0. The molecule has 0 spiro atoms. The highest BCUT2D eigenvalue weighted by molar-refractivity contribution is 7.99. The van der Waals surface area contributed by atoms with Crippen LogP contribution >= 0.6 is 23.1 Å². The number of amides is 1. The second kappa shape index (κ2) is 6.42. The summed E-state index contributed by atoms with van der Waals surface area (Å²) in [6.07, 6.45) is 6.86. The van der Waals surface area contributed by atoms with Crippen molar-refractivity contribution < 1.29 is 4.79 Å². The molecule has 1 heterocycles. The number of nitrogen functional groups attached to an aromatic ring is 1. The lowest BCUT2D eigenvalue weighted by molar-refractivity contribution is 0.0957. The van der Waals surface area contributed by atoms with Crippen molar-refractivity contribution in [3.05, 3.63) is 21.9 Å². The average molecular weight is 270 g/mol. The van der Waals surface area contributed by atoms with Crippen LogP contribution in [-0.2, 0) is 5.75 Å². The Morgan fingerprint density at radius 1 is 1.41 bits per heavy atom. The van der Waals surface area contributed by atoms with Gasteiger partial charge in [0.1, 0.15) is 0 Å². The van der Waals surface area contributed by atoms with E-state index >= 15 is 0 Å². The molecule has 0 bridgehead atoms. The van der Waals surface area contributed by atoms with Gasteiger partial charge in [-0.05, 0) is 25.0 Å². The van der Waals surface area contributed by atoms with Crippen LogP contribution in [0.4, 0.5) is 0 Å². The molecule has 1 aliphatic rings. The van der Waals surface area contributed by atoms with Gasteiger partial charge in [0, 0.05) is 15.9 Å². The molecule has 0 saturated heterocycles. The highest BCUT2D eigenvalue weighted by atomic mass is 32.2. The lowest BCUT2D eigenvalue weighted by Crippen LogP contribution is -2.29. The normalized spacial score (nSPS) is 17.0. The van der Waals surface area contributed by atoms with Gasteiger partial charge in [0.2, 0.25) is 0 Å². The number of carbonyl (C=O) groups is 1. The fourth-order valence-electron chi connectivity index (χ4n) is 2.08. The van der Waals surface area contributed by atoms with Crippen LogP contribution in [0.15, 0.2) is 12.1 Å². The fraction of sp³-hybridized carbons (Fsp3) is 0.583. The number of nitrogens with two attached hydrogens (primary N) is 1. The summed E-state index contributed by atoms with van der Waals surface area (Å²) in [6, 6.07) is 3.88. The predicted octanol–water partition coefficient (Wildman–Crippen LogP) is 2.92. The second-order valence-electron chi connectivity index (χ2n) is 4.31. The van der Waals surface area contributed by atoms with Crippen molar-refractivity contribution in [3.8, 4) is 0 Å². The molecule has 1 aliphatic carbocycles. The molecule has 5 heteroatoms. The van der Waals surface area contributed by atoms with Crippen molar-refractivity contribution in [1.82, 2.24) is 5.43 Å². The van der Waals surface area contributed by atoms with Crippen molar-refractivity contribution in [2.24, 2.45) is 5.84 Å². The summed E-state index contributed by atoms with van der Waals surface area (Å²) in [5, 5.41) is 0.817. The summed E-state index contributed by atoms with van der Waals surface area (Å²) in [6.45, 7) is 0. The minimum absolute atomic E-state index is 0.191. The smallest absolute Gasteiger partial charge is 0.275 e. The van der Waals surface area contributed by atoms with Crippen LogP contribution in [0, 0.1) is 0 Å². The van der Waals surface area contributed by atoms with E-state index in [4.69, 9.17) is 5.84 Å². The van der Waals surface area contributed by atoms with Crippen LogP contribution in [0.25, 0.3) is 0 Å². The molecule has 1 aromatic rings. The molecule has 0 atom stereocenters. The van der Waals surface area contributed by atoms with E-state index in [0.29, 0.717) is 4.88 Å². The molecular weight excluding hydrogens is 252 g/mol. The minimum Gasteiger partial charge on any atom is -0.289 e. The van der Waals surface area contributed by atoms with Gasteiger partial charge in [0.25, 0.3) is 5.91 Å². The fourth-order valence-corrected chi connectivity index (χ4v) is 4.39. The van der Waals surface area contributed by atoms with E-state index in [1.807, 2.05) is 23.9 Å². The van der Waals surface area contributed by atoms with Gasteiger partial charge < -0.3 is 0 Å². The predicted molar refractivity (Wildman–Crippen MR) is 74.1 cm³/mol. The first-order chi connectivity index (χ1) is 8.29. The number of nitrogens with one attached hydrogen (secondary N) is 1. The van der Waals surface area contributed by atoms with Crippen LogP contribution < -0.4 is 11.3 Å². The SMILES string of the molecule is NNC(=O)c1ccc(CSC2CCCCC2)s1. The van der Waals surface area contributed by atoms with Gasteiger partial charge in [-0.1, -0.05) is 19.3 Å². The number of hydrogen-bond donors (Lipinski definition) is 2. The Labute approximate surface area is 110 Å². The highest BCUT2D eigenvalue weighted by Gasteiger charge is 2.14. The Hall–Kier alpha value is -0.520. The van der Waals surface area contributed by atoms with Crippen molar-refractivity contribution in [3.63, 3.8) is 0 Å². The molecule has 1 saturated carbocycles. The third-order valence-electron chi connectivity index (χ3n) is 3.03. The standard InChI is InChI=1S/C12H18N2OS2/c13-14-12(15)11-7-6-10(17-11)8-16-9-4-2-1-3-5-9/h6-7,9H,1-5,8,13H2,(H,14,15). The zero-order valence-electron chi connectivity index (χ0n) is 9.78. The first-order valence-electron chi connectivity index (χ1n) is 6.01. The van der Waals surface area contributed by atoms with E-state index in [0.717, 1.165) is 11.0 Å². The van der Waals surface area contributed by atoms with E-state index in [1.54, 1.807) is 11.3 Å². The summed E-state index contributed by atoms with van der Waals surface area (Å²) in [5.74, 6) is 5.94. The Kier molecular flexibility index (Phi) is 4.88. The summed E-state index contributed by atoms with van der Waals surface area (Å²) in [5.41, 5.74) is 2.16. The second-order valence-corrected chi connectivity index (χ2v) is 6.77. The Bertz CT molecular complexity index is 372. The molecule has 0 aromatic carbocycles. The van der Waals surface area contributed by atoms with Gasteiger partial charge in [0.15, 0.2) is 0 Å². The van der Waals surface area contributed by atoms with E-state index in [-0.39, 0.29) is 5.91 Å². The summed E-state index contributed by atoms with van der Waals surface area (Å²) < 4.78 is 0. The first-order valence-corrected chi connectivity index (χ1v) is 7.87. The Balaban J connectivity index is 1.82. The maximum Gasteiger partial charge on any atom is 0.275 e. The van der Waals surface area contributed by atoms with Crippen LogP contribution in [0.1, 0.15) is 46.7 Å². The summed E-state index contributed by atoms with van der Waals surface area (Å²) in [7, 11) is 0. The zero-order valence-corrected chi connectivity index (χ0v) is 11.4. The monoisotopic (exact) mass is 270 g/mol. The molecule has 0 unspecified atom stereocenters. The molecule has 94 valence electrons. The van der Waals surface area contributed by atoms with Crippen LogP contribution in [0.3, 0.4) is 0 Å². The van der Waals surface area contributed by atoms with E-state index in [2.05, 4.69) is 5.43 Å². The van der Waals surface area contributed by atoms with Gasteiger partial charge >= 0.3 is 0 Å². The summed E-state index contributed by atoms with van der Waals surface area (Å²) in [4.78, 5) is 13.3. The van der Waals surface area contributed by atoms with Crippen molar-refractivity contribution in [1.29, 1.82) is 0 Å². The van der Waals surface area contributed by atoms with E-state index in [1.165, 1.54) is 37.0 Å². The number of hydrazine groups is 1. The number of thioether (sulfide) groups is 1. The number of rotatable bonds is 4. The number of carbonyl (C=O) groups excluding carboxylic acids is 1. The molecule has 3 nitrogen and oxygen atoms in total. The minimum atomic E-state index is -0.191. The largest absolute Gasteiger partial charge is 0.289 e. The van der Waals surface area contributed by atoms with Gasteiger partial charge in [0.05, 0.1) is 4.88 Å². The topological polar surface area (TPSA) is 55.1 Å². The molecule has 0 aliphatic heterocycles. The highest BCUT2D eigenvalue weighted by Crippen LogP contribution is 2.32. The molecule has 2 rings (SSSR count). The Morgan fingerprint density at radius 2 is 2.18 bits per heavy atom. The van der Waals surface area contributed by atoms with Crippen molar-refractivity contribution in [2.75, 3.05) is 0 Å². The van der Waals surface area contributed by atoms with Crippen LogP contribution in [-0.4, -0.2) is 11.2 Å². The summed E-state index contributed by atoms with van der Waals surface area (Å²) >= 11 is 3.57. The molecule has 1 amide bonds. The maximum atomic E-state index is 11.3. The lowest BCUT2D eigenvalue weighted by Gasteiger charge is -2.20. The van der Waals surface area contributed by atoms with Gasteiger partial charge in [-0.15, -0.1) is 11.3 Å². The third kappa shape index (κ3) is 3.72. The van der Waals surface area contributed by atoms with Gasteiger partial charge in [-0.2, -0.15) is 11.8 Å². The molecular formula is C12H18N2OS2. The molecule has 1 fully saturated rings. The van der Waals surface area contributed by atoms with E-state index < -0.39 is 0 Å². The van der Waals surface area contributed by atoms with Gasteiger partial charge in [-0.3, -0.25) is 10.2 Å². The number of hydrogen-bond acceptors (Lipinski definition) is 4. The molecule has 17 heavy (non-hydrogen) atoms. The number of thiophene rings is 1.